The van der Waals surface area contributed by atoms with Gasteiger partial charge < -0.3 is 10.0 Å². The van der Waals surface area contributed by atoms with Gasteiger partial charge in [-0.1, -0.05) is 11.6 Å². The van der Waals surface area contributed by atoms with Crippen molar-refractivity contribution in [2.75, 3.05) is 18.5 Å². The number of hydrogen-bond acceptors (Lipinski definition) is 3. The third kappa shape index (κ3) is 4.34. The second kappa shape index (κ2) is 5.75. The molecular formula is C11H14ClF3N2O. The lowest BCUT2D eigenvalue weighted by atomic mass is 10.2. The molecule has 0 spiro atoms. The summed E-state index contributed by atoms with van der Waals surface area (Å²) in [5, 5.41) is 8.93. The van der Waals surface area contributed by atoms with Crippen LogP contribution in [0.2, 0.25) is 5.15 Å². The molecule has 1 unspecified atom stereocenters. The van der Waals surface area contributed by atoms with Gasteiger partial charge in [-0.05, 0) is 25.5 Å². The number of aliphatic hydroxyl groups excluding tert-OH is 1. The van der Waals surface area contributed by atoms with Gasteiger partial charge in [-0.15, -0.1) is 0 Å². The van der Waals surface area contributed by atoms with Gasteiger partial charge in [0.25, 0.3) is 0 Å². The maximum atomic E-state index is 12.6. The minimum absolute atomic E-state index is 0.135. The summed E-state index contributed by atoms with van der Waals surface area (Å²) in [7, 11) is 1.60. The first-order valence-electron chi connectivity index (χ1n) is 5.34. The van der Waals surface area contributed by atoms with Gasteiger partial charge in [0.2, 0.25) is 0 Å². The lowest BCUT2D eigenvalue weighted by molar-refractivity contribution is -0.137. The van der Waals surface area contributed by atoms with E-state index in [1.807, 2.05) is 0 Å². The van der Waals surface area contributed by atoms with Crippen LogP contribution in [0.15, 0.2) is 12.1 Å². The van der Waals surface area contributed by atoms with Gasteiger partial charge in [-0.25, -0.2) is 4.98 Å². The molecule has 1 aromatic rings. The molecule has 1 atom stereocenters. The summed E-state index contributed by atoms with van der Waals surface area (Å²) in [6.07, 6.45) is -4.54. The van der Waals surface area contributed by atoms with E-state index in [1.165, 1.54) is 4.90 Å². The SMILES string of the molecule is CC(O)CCN(C)c1cc(C(F)(F)F)cc(Cl)n1. The van der Waals surface area contributed by atoms with Crippen molar-refractivity contribution in [3.8, 4) is 0 Å². The van der Waals surface area contributed by atoms with Crippen LogP contribution in [-0.2, 0) is 6.18 Å². The topological polar surface area (TPSA) is 36.4 Å². The molecule has 0 saturated heterocycles. The molecule has 0 saturated carbocycles. The zero-order valence-corrected chi connectivity index (χ0v) is 10.8. The van der Waals surface area contributed by atoms with Crippen LogP contribution in [0, 0.1) is 0 Å². The van der Waals surface area contributed by atoms with E-state index in [1.54, 1.807) is 14.0 Å². The highest BCUT2D eigenvalue weighted by atomic mass is 35.5. The number of hydrogen-bond donors (Lipinski definition) is 1. The standard InChI is InChI=1S/C11H14ClF3N2O/c1-7(18)3-4-17(2)10-6-8(11(13,14)15)5-9(12)16-10/h5-7,18H,3-4H2,1-2H3. The Morgan fingerprint density at radius 3 is 2.56 bits per heavy atom. The molecule has 0 aliphatic carbocycles. The summed E-state index contributed by atoms with van der Waals surface area (Å²) < 4.78 is 37.7. The van der Waals surface area contributed by atoms with E-state index in [2.05, 4.69) is 4.98 Å². The molecule has 1 heterocycles. The fourth-order valence-electron chi connectivity index (χ4n) is 1.34. The second-order valence-corrected chi connectivity index (χ2v) is 4.48. The van der Waals surface area contributed by atoms with Gasteiger partial charge >= 0.3 is 6.18 Å². The Kier molecular flexibility index (Phi) is 4.81. The highest BCUT2D eigenvalue weighted by Crippen LogP contribution is 2.32. The molecule has 7 heteroatoms. The van der Waals surface area contributed by atoms with Crippen molar-refractivity contribution in [1.82, 2.24) is 4.98 Å². The van der Waals surface area contributed by atoms with Crippen molar-refractivity contribution in [3.05, 3.63) is 22.8 Å². The van der Waals surface area contributed by atoms with E-state index in [0.29, 0.717) is 13.0 Å². The smallest absolute Gasteiger partial charge is 0.393 e. The molecule has 3 nitrogen and oxygen atoms in total. The lowest BCUT2D eigenvalue weighted by Gasteiger charge is -2.20. The normalized spacial score (nSPS) is 13.5. The summed E-state index contributed by atoms with van der Waals surface area (Å²) in [6.45, 7) is 2.00. The van der Waals surface area contributed by atoms with Crippen molar-refractivity contribution >= 4 is 17.4 Å². The van der Waals surface area contributed by atoms with E-state index >= 15 is 0 Å². The number of rotatable bonds is 4. The number of nitrogens with zero attached hydrogens (tertiary/aromatic N) is 2. The maximum absolute atomic E-state index is 12.6. The number of anilines is 1. The van der Waals surface area contributed by atoms with Crippen molar-refractivity contribution in [2.24, 2.45) is 0 Å². The van der Waals surface area contributed by atoms with Gasteiger partial charge in [-0.2, -0.15) is 13.2 Å². The van der Waals surface area contributed by atoms with Crippen LogP contribution in [-0.4, -0.2) is 29.8 Å². The summed E-state index contributed by atoms with van der Waals surface area (Å²) in [5.41, 5.74) is -0.832. The average molecular weight is 283 g/mol. The van der Waals surface area contributed by atoms with E-state index in [9.17, 15) is 13.2 Å². The quantitative estimate of drug-likeness (QED) is 0.863. The van der Waals surface area contributed by atoms with Crippen LogP contribution in [0.4, 0.5) is 19.0 Å². The number of aliphatic hydroxyl groups is 1. The minimum Gasteiger partial charge on any atom is -0.393 e. The predicted octanol–water partition coefficient (Wildman–Crippen LogP) is 2.96. The molecule has 0 aliphatic heterocycles. The Morgan fingerprint density at radius 1 is 1.44 bits per heavy atom. The molecule has 102 valence electrons. The second-order valence-electron chi connectivity index (χ2n) is 4.09. The third-order valence-corrected chi connectivity index (χ3v) is 2.57. The Bertz CT molecular complexity index is 410. The van der Waals surface area contributed by atoms with E-state index in [4.69, 9.17) is 16.7 Å². The molecule has 0 fully saturated rings. The molecule has 1 rings (SSSR count). The van der Waals surface area contributed by atoms with E-state index in [-0.39, 0.29) is 11.0 Å². The van der Waals surface area contributed by atoms with Crippen LogP contribution in [0.25, 0.3) is 0 Å². The molecule has 0 aliphatic rings. The summed E-state index contributed by atoms with van der Waals surface area (Å²) in [5.74, 6) is 0.135. The Balaban J connectivity index is 2.92. The maximum Gasteiger partial charge on any atom is 0.416 e. The molecule has 0 radical (unpaired) electrons. The molecule has 18 heavy (non-hydrogen) atoms. The van der Waals surface area contributed by atoms with Crippen molar-refractivity contribution < 1.29 is 18.3 Å². The Morgan fingerprint density at radius 2 is 2.06 bits per heavy atom. The molecule has 1 N–H and O–H groups in total. The fraction of sp³-hybridized carbons (Fsp3) is 0.545. The van der Waals surface area contributed by atoms with Gasteiger partial charge in [-0.3, -0.25) is 0 Å². The van der Waals surface area contributed by atoms with Gasteiger partial charge in [0, 0.05) is 13.6 Å². The summed E-state index contributed by atoms with van der Waals surface area (Å²) in [6, 6.07) is 1.72. The van der Waals surface area contributed by atoms with Crippen LogP contribution < -0.4 is 4.90 Å². The van der Waals surface area contributed by atoms with Crippen molar-refractivity contribution in [3.63, 3.8) is 0 Å². The van der Waals surface area contributed by atoms with Crippen LogP contribution in [0.5, 0.6) is 0 Å². The first kappa shape index (κ1) is 15.0. The van der Waals surface area contributed by atoms with E-state index < -0.39 is 17.8 Å². The van der Waals surface area contributed by atoms with Gasteiger partial charge in [0.15, 0.2) is 0 Å². The molecule has 1 aromatic heterocycles. The summed E-state index contributed by atoms with van der Waals surface area (Å²) in [4.78, 5) is 5.36. The number of alkyl halides is 3. The number of aromatic nitrogens is 1. The van der Waals surface area contributed by atoms with E-state index in [0.717, 1.165) is 12.1 Å². The molecule has 0 amide bonds. The monoisotopic (exact) mass is 282 g/mol. The number of halogens is 4. The van der Waals surface area contributed by atoms with Crippen LogP contribution in [0.3, 0.4) is 0 Å². The lowest BCUT2D eigenvalue weighted by Crippen LogP contribution is -2.23. The van der Waals surface area contributed by atoms with Crippen LogP contribution in [0.1, 0.15) is 18.9 Å². The first-order chi connectivity index (χ1) is 8.20. The largest absolute Gasteiger partial charge is 0.416 e. The van der Waals surface area contributed by atoms with Gasteiger partial charge in [0.1, 0.15) is 11.0 Å². The van der Waals surface area contributed by atoms with Crippen molar-refractivity contribution in [1.29, 1.82) is 0 Å². The number of pyridine rings is 1. The van der Waals surface area contributed by atoms with Crippen LogP contribution >= 0.6 is 11.6 Å². The fourth-order valence-corrected chi connectivity index (χ4v) is 1.54. The highest BCUT2D eigenvalue weighted by molar-refractivity contribution is 6.29. The molecule has 0 bridgehead atoms. The predicted molar refractivity (Wildman–Crippen MR) is 63.8 cm³/mol. The van der Waals surface area contributed by atoms with Crippen molar-refractivity contribution in [2.45, 2.75) is 25.6 Å². The van der Waals surface area contributed by atoms with Gasteiger partial charge in [0.05, 0.1) is 11.7 Å². The summed E-state index contributed by atoms with van der Waals surface area (Å²) >= 11 is 5.58. The molecular weight excluding hydrogens is 269 g/mol. The third-order valence-electron chi connectivity index (χ3n) is 2.38. The Hall–Kier alpha value is -1.01. The minimum atomic E-state index is -4.45. The molecule has 0 aromatic carbocycles. The average Bonchev–Trinajstić information content (AvgIpc) is 2.23. The highest BCUT2D eigenvalue weighted by Gasteiger charge is 2.31. The zero-order chi connectivity index (χ0) is 13.9. The Labute approximate surface area is 108 Å². The zero-order valence-electron chi connectivity index (χ0n) is 10.00. The first-order valence-corrected chi connectivity index (χ1v) is 5.72.